The van der Waals surface area contributed by atoms with Gasteiger partial charge in [-0.25, -0.2) is 0 Å². The van der Waals surface area contributed by atoms with Crippen LogP contribution in [-0.4, -0.2) is 54.6 Å². The third-order valence-corrected chi connectivity index (χ3v) is 2.06. The van der Waals surface area contributed by atoms with Crippen molar-refractivity contribution in [3.63, 3.8) is 0 Å². The van der Waals surface area contributed by atoms with E-state index in [9.17, 15) is 9.59 Å². The van der Waals surface area contributed by atoms with E-state index in [4.69, 9.17) is 9.84 Å². The molecule has 0 aromatic rings. The predicted molar refractivity (Wildman–Crippen MR) is 44.5 cm³/mol. The van der Waals surface area contributed by atoms with Crippen molar-refractivity contribution in [1.29, 1.82) is 0 Å². The van der Waals surface area contributed by atoms with Crippen LogP contribution in [0.3, 0.4) is 0 Å². The summed E-state index contributed by atoms with van der Waals surface area (Å²) in [4.78, 5) is 23.2. The Morgan fingerprint density at radius 2 is 2.46 bits per heavy atom. The summed E-state index contributed by atoms with van der Waals surface area (Å²) >= 11 is 0. The zero-order valence-corrected chi connectivity index (χ0v) is 7.52. The van der Waals surface area contributed by atoms with Gasteiger partial charge in [0.15, 0.2) is 5.78 Å². The van der Waals surface area contributed by atoms with Gasteiger partial charge in [-0.2, -0.15) is 0 Å². The van der Waals surface area contributed by atoms with Crippen molar-refractivity contribution in [1.82, 2.24) is 4.90 Å². The second-order valence-electron chi connectivity index (χ2n) is 3.12. The number of hydrogen-bond donors (Lipinski definition) is 1. The van der Waals surface area contributed by atoms with Gasteiger partial charge in [-0.05, 0) is 7.05 Å². The maximum Gasteiger partial charge on any atom is 0.317 e. The number of aliphatic carboxylic acids is 1. The van der Waals surface area contributed by atoms with E-state index < -0.39 is 5.97 Å². The van der Waals surface area contributed by atoms with Gasteiger partial charge in [0.05, 0.1) is 25.8 Å². The molecule has 13 heavy (non-hydrogen) atoms. The average Bonchev–Trinajstić information content (AvgIpc) is 2.03. The minimum Gasteiger partial charge on any atom is -0.480 e. The minimum absolute atomic E-state index is 0.0648. The molecule has 0 spiro atoms. The molecule has 5 heteroatoms. The van der Waals surface area contributed by atoms with E-state index >= 15 is 0 Å². The average molecular weight is 187 g/mol. The number of ether oxygens (including phenoxy) is 1. The van der Waals surface area contributed by atoms with Crippen LogP contribution in [0.15, 0.2) is 0 Å². The number of carbonyl (C=O) groups is 2. The Hall–Kier alpha value is -0.940. The number of ketones is 1. The lowest BCUT2D eigenvalue weighted by Crippen LogP contribution is -2.47. The standard InChI is InChI=1S/C8H13NO4/c1-9(4-8(11)12)6-5-13-3-2-7(6)10/h6H,2-5H2,1H3,(H,11,12). The Morgan fingerprint density at radius 3 is 3.00 bits per heavy atom. The smallest absolute Gasteiger partial charge is 0.317 e. The normalized spacial score (nSPS) is 23.5. The molecule has 0 saturated carbocycles. The zero-order chi connectivity index (χ0) is 9.84. The third-order valence-electron chi connectivity index (χ3n) is 2.06. The van der Waals surface area contributed by atoms with E-state index in [0.717, 1.165) is 0 Å². The minimum atomic E-state index is -0.930. The van der Waals surface area contributed by atoms with E-state index in [0.29, 0.717) is 19.6 Å². The third kappa shape index (κ3) is 2.78. The summed E-state index contributed by atoms with van der Waals surface area (Å²) in [5.41, 5.74) is 0. The number of likely N-dealkylation sites (N-methyl/N-ethyl adjacent to an activating group) is 1. The molecule has 0 amide bonds. The van der Waals surface area contributed by atoms with Crippen LogP contribution in [0.2, 0.25) is 0 Å². The number of nitrogens with zero attached hydrogens (tertiary/aromatic N) is 1. The molecule has 0 bridgehead atoms. The second kappa shape index (κ2) is 4.34. The molecule has 74 valence electrons. The largest absolute Gasteiger partial charge is 0.480 e. The molecule has 1 atom stereocenters. The molecule has 5 nitrogen and oxygen atoms in total. The van der Waals surface area contributed by atoms with E-state index in [-0.39, 0.29) is 18.4 Å². The molecule has 1 fully saturated rings. The highest BCUT2D eigenvalue weighted by molar-refractivity contribution is 5.85. The Bertz CT molecular complexity index is 216. The van der Waals surface area contributed by atoms with Gasteiger partial charge in [-0.15, -0.1) is 0 Å². The SMILES string of the molecule is CN(CC(=O)O)C1COCCC1=O. The molecule has 1 rings (SSSR count). The van der Waals surface area contributed by atoms with E-state index in [1.165, 1.54) is 4.90 Å². The molecule has 1 saturated heterocycles. The Balaban J connectivity index is 2.48. The van der Waals surface area contributed by atoms with Crippen molar-refractivity contribution in [3.05, 3.63) is 0 Å². The predicted octanol–water partition coefficient (Wildman–Crippen LogP) is -0.639. The monoisotopic (exact) mass is 187 g/mol. The summed E-state index contributed by atoms with van der Waals surface area (Å²) in [6, 6.07) is -0.384. The van der Waals surface area contributed by atoms with E-state index in [1.54, 1.807) is 7.05 Å². The van der Waals surface area contributed by atoms with Crippen LogP contribution in [0, 0.1) is 0 Å². The fourth-order valence-corrected chi connectivity index (χ4v) is 1.32. The van der Waals surface area contributed by atoms with Gasteiger partial charge in [0.2, 0.25) is 0 Å². The maximum atomic E-state index is 11.3. The van der Waals surface area contributed by atoms with Crippen molar-refractivity contribution in [2.45, 2.75) is 12.5 Å². The zero-order valence-electron chi connectivity index (χ0n) is 7.52. The van der Waals surface area contributed by atoms with Crippen LogP contribution >= 0.6 is 0 Å². The molecule has 1 heterocycles. The van der Waals surface area contributed by atoms with Crippen molar-refractivity contribution in [2.75, 3.05) is 26.8 Å². The number of Topliss-reactive ketones (excluding diaryl/α,β-unsaturated/α-hetero) is 1. The van der Waals surface area contributed by atoms with Gasteiger partial charge in [-0.3, -0.25) is 14.5 Å². The second-order valence-corrected chi connectivity index (χ2v) is 3.12. The summed E-state index contributed by atoms with van der Waals surface area (Å²) in [5.74, 6) is -0.865. The summed E-state index contributed by atoms with van der Waals surface area (Å²) in [5, 5.41) is 8.51. The summed E-state index contributed by atoms with van der Waals surface area (Å²) < 4.78 is 5.10. The fourth-order valence-electron chi connectivity index (χ4n) is 1.32. The lowest BCUT2D eigenvalue weighted by molar-refractivity contribution is -0.141. The molecule has 1 N–H and O–H groups in total. The topological polar surface area (TPSA) is 66.8 Å². The summed E-state index contributed by atoms with van der Waals surface area (Å²) in [6.07, 6.45) is 0.384. The molecule has 0 aromatic heterocycles. The van der Waals surface area contributed by atoms with Crippen molar-refractivity contribution >= 4 is 11.8 Å². The lowest BCUT2D eigenvalue weighted by Gasteiger charge is -2.28. The summed E-state index contributed by atoms with van der Waals surface area (Å²) in [7, 11) is 1.62. The molecule has 0 aliphatic carbocycles. The molecular weight excluding hydrogens is 174 g/mol. The molecule has 1 aliphatic heterocycles. The molecule has 1 aliphatic rings. The van der Waals surface area contributed by atoms with Crippen LogP contribution in [0.5, 0.6) is 0 Å². The Morgan fingerprint density at radius 1 is 1.77 bits per heavy atom. The first-order valence-corrected chi connectivity index (χ1v) is 4.13. The van der Waals surface area contributed by atoms with Crippen LogP contribution in [0.1, 0.15) is 6.42 Å². The molecular formula is C8H13NO4. The van der Waals surface area contributed by atoms with E-state index in [1.807, 2.05) is 0 Å². The van der Waals surface area contributed by atoms with Crippen molar-refractivity contribution < 1.29 is 19.4 Å². The van der Waals surface area contributed by atoms with Gasteiger partial charge in [0.1, 0.15) is 0 Å². The van der Waals surface area contributed by atoms with Crippen LogP contribution in [0.25, 0.3) is 0 Å². The van der Waals surface area contributed by atoms with E-state index in [2.05, 4.69) is 0 Å². The number of carboxylic acid groups (broad SMARTS) is 1. The highest BCUT2D eigenvalue weighted by atomic mass is 16.5. The quantitative estimate of drug-likeness (QED) is 0.636. The van der Waals surface area contributed by atoms with Crippen LogP contribution < -0.4 is 0 Å². The molecule has 0 aromatic carbocycles. The first kappa shape index (κ1) is 10.1. The van der Waals surface area contributed by atoms with Crippen molar-refractivity contribution in [2.24, 2.45) is 0 Å². The number of carbonyl (C=O) groups excluding carboxylic acids is 1. The fraction of sp³-hybridized carbons (Fsp3) is 0.750. The first-order chi connectivity index (χ1) is 6.11. The van der Waals surface area contributed by atoms with Gasteiger partial charge >= 0.3 is 5.97 Å². The van der Waals surface area contributed by atoms with Gasteiger partial charge in [0.25, 0.3) is 0 Å². The molecule has 1 unspecified atom stereocenters. The van der Waals surface area contributed by atoms with Gasteiger partial charge < -0.3 is 9.84 Å². The number of rotatable bonds is 3. The highest BCUT2D eigenvalue weighted by Crippen LogP contribution is 2.07. The highest BCUT2D eigenvalue weighted by Gasteiger charge is 2.27. The van der Waals surface area contributed by atoms with Gasteiger partial charge in [-0.1, -0.05) is 0 Å². The first-order valence-electron chi connectivity index (χ1n) is 4.13. The number of carboxylic acids is 1. The number of hydrogen-bond acceptors (Lipinski definition) is 4. The Kier molecular flexibility index (Phi) is 3.39. The van der Waals surface area contributed by atoms with Crippen molar-refractivity contribution in [3.8, 4) is 0 Å². The summed E-state index contributed by atoms with van der Waals surface area (Å²) in [6.45, 7) is 0.638. The van der Waals surface area contributed by atoms with Crippen LogP contribution in [0.4, 0.5) is 0 Å². The molecule has 0 radical (unpaired) electrons. The maximum absolute atomic E-state index is 11.3. The lowest BCUT2D eigenvalue weighted by atomic mass is 10.1. The van der Waals surface area contributed by atoms with Gasteiger partial charge in [0, 0.05) is 6.42 Å². The Labute approximate surface area is 76.3 Å². The van der Waals surface area contributed by atoms with Crippen LogP contribution in [-0.2, 0) is 14.3 Å².